The molecule has 0 bridgehead atoms. The molecule has 2 aromatic rings. The summed E-state index contributed by atoms with van der Waals surface area (Å²) in [4.78, 5) is 11.5. The molecule has 0 aliphatic carbocycles. The Morgan fingerprint density at radius 1 is 1.43 bits per heavy atom. The molecule has 0 spiro atoms. The fraction of sp³-hybridized carbons (Fsp3) is 0.182. The summed E-state index contributed by atoms with van der Waals surface area (Å²) >= 11 is 0. The predicted molar refractivity (Wildman–Crippen MR) is 53.2 cm³/mol. The second kappa shape index (κ2) is 3.54. The Bertz CT molecular complexity index is 468. The van der Waals surface area contributed by atoms with Crippen LogP contribution in [-0.4, -0.2) is 4.57 Å². The summed E-state index contributed by atoms with van der Waals surface area (Å²) in [5, 5.41) is 0. The topological polar surface area (TPSA) is 35.1 Å². The Balaban J connectivity index is 2.30. The van der Waals surface area contributed by atoms with Gasteiger partial charge in [0.25, 0.3) is 5.56 Å². The molecular weight excluding hydrogens is 178 g/mol. The van der Waals surface area contributed by atoms with Gasteiger partial charge in [0.2, 0.25) is 0 Å². The van der Waals surface area contributed by atoms with E-state index in [1.165, 1.54) is 0 Å². The van der Waals surface area contributed by atoms with E-state index in [0.717, 1.165) is 11.1 Å². The molecule has 2 heterocycles. The number of hydrogen-bond donors (Lipinski definition) is 0. The minimum Gasteiger partial charge on any atom is -0.472 e. The highest BCUT2D eigenvalue weighted by Crippen LogP contribution is 2.01. The number of pyridine rings is 1. The smallest absolute Gasteiger partial charge is 0.251 e. The monoisotopic (exact) mass is 189 g/mol. The highest BCUT2D eigenvalue weighted by Gasteiger charge is 1.98. The van der Waals surface area contributed by atoms with Gasteiger partial charge in [-0.15, -0.1) is 0 Å². The molecule has 14 heavy (non-hydrogen) atoms. The van der Waals surface area contributed by atoms with Crippen LogP contribution in [-0.2, 0) is 6.54 Å². The number of aryl methyl sites for hydroxylation is 1. The van der Waals surface area contributed by atoms with E-state index in [1.807, 2.05) is 19.1 Å². The fourth-order valence-electron chi connectivity index (χ4n) is 1.32. The van der Waals surface area contributed by atoms with E-state index >= 15 is 0 Å². The quantitative estimate of drug-likeness (QED) is 0.722. The van der Waals surface area contributed by atoms with Crippen molar-refractivity contribution in [3.63, 3.8) is 0 Å². The van der Waals surface area contributed by atoms with Crippen molar-refractivity contribution >= 4 is 0 Å². The Hall–Kier alpha value is -1.77. The van der Waals surface area contributed by atoms with Crippen LogP contribution in [0.15, 0.2) is 46.1 Å². The summed E-state index contributed by atoms with van der Waals surface area (Å²) in [6.45, 7) is 2.47. The molecule has 0 atom stereocenters. The first-order valence-electron chi connectivity index (χ1n) is 4.44. The third-order valence-corrected chi connectivity index (χ3v) is 2.08. The van der Waals surface area contributed by atoms with E-state index in [-0.39, 0.29) is 5.56 Å². The maximum absolute atomic E-state index is 11.5. The van der Waals surface area contributed by atoms with E-state index in [4.69, 9.17) is 4.42 Å². The molecule has 0 N–H and O–H groups in total. The molecule has 3 heteroatoms. The molecule has 72 valence electrons. The van der Waals surface area contributed by atoms with Gasteiger partial charge in [-0.1, -0.05) is 0 Å². The highest BCUT2D eigenvalue weighted by atomic mass is 16.3. The molecule has 0 radical (unpaired) electrons. The van der Waals surface area contributed by atoms with Gasteiger partial charge in [0, 0.05) is 17.8 Å². The fourth-order valence-corrected chi connectivity index (χ4v) is 1.32. The summed E-state index contributed by atoms with van der Waals surface area (Å²) in [6.07, 6.45) is 5.05. The van der Waals surface area contributed by atoms with Crippen LogP contribution in [0.2, 0.25) is 0 Å². The third kappa shape index (κ3) is 1.76. The summed E-state index contributed by atoms with van der Waals surface area (Å²) in [7, 11) is 0. The number of nitrogens with zero attached hydrogens (tertiary/aromatic N) is 1. The zero-order valence-electron chi connectivity index (χ0n) is 7.93. The molecule has 0 fully saturated rings. The van der Waals surface area contributed by atoms with Crippen LogP contribution < -0.4 is 5.56 Å². The molecule has 0 saturated carbocycles. The number of aromatic nitrogens is 1. The summed E-state index contributed by atoms with van der Waals surface area (Å²) < 4.78 is 6.59. The lowest BCUT2D eigenvalue weighted by molar-refractivity contribution is 0.561. The number of hydrogen-bond acceptors (Lipinski definition) is 2. The van der Waals surface area contributed by atoms with E-state index in [0.29, 0.717) is 6.54 Å². The van der Waals surface area contributed by atoms with Crippen LogP contribution in [0, 0.1) is 6.92 Å². The van der Waals surface area contributed by atoms with Gasteiger partial charge in [0.15, 0.2) is 0 Å². The van der Waals surface area contributed by atoms with Crippen molar-refractivity contribution in [2.75, 3.05) is 0 Å². The van der Waals surface area contributed by atoms with Crippen molar-refractivity contribution in [2.45, 2.75) is 13.5 Å². The van der Waals surface area contributed by atoms with Gasteiger partial charge in [0.1, 0.15) is 0 Å². The van der Waals surface area contributed by atoms with Crippen LogP contribution in [0.25, 0.3) is 0 Å². The van der Waals surface area contributed by atoms with Crippen molar-refractivity contribution in [3.8, 4) is 0 Å². The first-order valence-corrected chi connectivity index (χ1v) is 4.44. The average Bonchev–Trinajstić information content (AvgIpc) is 2.62. The van der Waals surface area contributed by atoms with E-state index in [1.54, 1.807) is 29.4 Å². The first-order chi connectivity index (χ1) is 6.75. The van der Waals surface area contributed by atoms with Gasteiger partial charge in [0.05, 0.1) is 19.1 Å². The second-order valence-corrected chi connectivity index (χ2v) is 3.30. The van der Waals surface area contributed by atoms with Crippen LogP contribution in [0.4, 0.5) is 0 Å². The van der Waals surface area contributed by atoms with Crippen molar-refractivity contribution in [2.24, 2.45) is 0 Å². The van der Waals surface area contributed by atoms with Crippen LogP contribution in [0.5, 0.6) is 0 Å². The standard InChI is InChI=1S/C11H11NO2/c1-9-2-4-12(11(13)6-9)7-10-3-5-14-8-10/h2-6,8H,7H2,1H3. The summed E-state index contributed by atoms with van der Waals surface area (Å²) in [6, 6.07) is 5.40. The average molecular weight is 189 g/mol. The third-order valence-electron chi connectivity index (χ3n) is 2.08. The number of furan rings is 1. The van der Waals surface area contributed by atoms with Gasteiger partial charge in [-0.2, -0.15) is 0 Å². The van der Waals surface area contributed by atoms with Crippen molar-refractivity contribution < 1.29 is 4.42 Å². The van der Waals surface area contributed by atoms with Gasteiger partial charge < -0.3 is 8.98 Å². The van der Waals surface area contributed by atoms with Crippen LogP contribution in [0.3, 0.4) is 0 Å². The maximum Gasteiger partial charge on any atom is 0.251 e. The molecular formula is C11H11NO2. The maximum atomic E-state index is 11.5. The van der Waals surface area contributed by atoms with E-state index < -0.39 is 0 Å². The lowest BCUT2D eigenvalue weighted by Crippen LogP contribution is -2.18. The number of rotatable bonds is 2. The Labute approximate surface area is 81.6 Å². The second-order valence-electron chi connectivity index (χ2n) is 3.30. The molecule has 0 aliphatic heterocycles. The predicted octanol–water partition coefficient (Wildman–Crippen LogP) is 1.80. The molecule has 3 nitrogen and oxygen atoms in total. The van der Waals surface area contributed by atoms with Crippen LogP contribution >= 0.6 is 0 Å². The lowest BCUT2D eigenvalue weighted by Gasteiger charge is -2.02. The minimum absolute atomic E-state index is 0.0196. The minimum atomic E-state index is 0.0196. The Kier molecular flexibility index (Phi) is 2.23. The summed E-state index contributed by atoms with van der Waals surface area (Å²) in [5.74, 6) is 0. The molecule has 0 amide bonds. The lowest BCUT2D eigenvalue weighted by atomic mass is 10.3. The van der Waals surface area contributed by atoms with E-state index in [2.05, 4.69) is 0 Å². The van der Waals surface area contributed by atoms with Crippen molar-refractivity contribution in [1.29, 1.82) is 0 Å². The Morgan fingerprint density at radius 3 is 2.93 bits per heavy atom. The molecule has 0 aliphatic rings. The Morgan fingerprint density at radius 2 is 2.29 bits per heavy atom. The molecule has 0 aromatic carbocycles. The molecule has 2 rings (SSSR count). The van der Waals surface area contributed by atoms with Gasteiger partial charge in [-0.05, 0) is 24.6 Å². The first kappa shape index (κ1) is 8.81. The van der Waals surface area contributed by atoms with Gasteiger partial charge in [-0.3, -0.25) is 4.79 Å². The molecule has 0 unspecified atom stereocenters. The van der Waals surface area contributed by atoms with Crippen molar-refractivity contribution in [3.05, 3.63) is 58.4 Å². The molecule has 0 saturated heterocycles. The molecule has 2 aromatic heterocycles. The SMILES string of the molecule is Cc1ccn(Cc2ccoc2)c(=O)c1. The zero-order valence-corrected chi connectivity index (χ0v) is 7.93. The highest BCUT2D eigenvalue weighted by molar-refractivity contribution is 5.11. The zero-order chi connectivity index (χ0) is 9.97. The summed E-state index contributed by atoms with van der Waals surface area (Å²) in [5.41, 5.74) is 2.00. The largest absolute Gasteiger partial charge is 0.472 e. The van der Waals surface area contributed by atoms with E-state index in [9.17, 15) is 4.79 Å². The van der Waals surface area contributed by atoms with Gasteiger partial charge in [-0.25, -0.2) is 0 Å². The normalized spacial score (nSPS) is 10.4. The van der Waals surface area contributed by atoms with Crippen molar-refractivity contribution in [1.82, 2.24) is 4.57 Å². The van der Waals surface area contributed by atoms with Gasteiger partial charge >= 0.3 is 0 Å². The van der Waals surface area contributed by atoms with Crippen LogP contribution in [0.1, 0.15) is 11.1 Å².